The van der Waals surface area contributed by atoms with E-state index < -0.39 is 0 Å². The average molecular weight is 271 g/mol. The minimum Gasteiger partial charge on any atom is -0.307 e. The second-order valence-corrected chi connectivity index (χ2v) is 6.93. The highest BCUT2D eigenvalue weighted by atomic mass is 15.0. The number of rotatable bonds is 5. The van der Waals surface area contributed by atoms with Crippen LogP contribution in [0.4, 0.5) is 0 Å². The second kappa shape index (κ2) is 6.76. The van der Waals surface area contributed by atoms with Gasteiger partial charge in [-0.2, -0.15) is 0 Å². The Balaban J connectivity index is 1.71. The summed E-state index contributed by atoms with van der Waals surface area (Å²) in [5, 5.41) is 4.00. The lowest BCUT2D eigenvalue weighted by atomic mass is 9.77. The Hall–Kier alpha value is -0.820. The van der Waals surface area contributed by atoms with Crippen LogP contribution in [0.1, 0.15) is 69.9 Å². The van der Waals surface area contributed by atoms with E-state index in [9.17, 15) is 0 Å². The summed E-state index contributed by atoms with van der Waals surface area (Å²) in [6.07, 6.45) is 11.4. The van der Waals surface area contributed by atoms with E-state index >= 15 is 0 Å². The molecule has 3 rings (SSSR count). The Morgan fingerprint density at radius 2 is 1.50 bits per heavy atom. The van der Waals surface area contributed by atoms with Gasteiger partial charge in [-0.15, -0.1) is 0 Å². The maximum Gasteiger partial charge on any atom is 0.0351 e. The lowest BCUT2D eigenvalue weighted by molar-refractivity contribution is 0.189. The third-order valence-electron chi connectivity index (χ3n) is 5.58. The molecule has 1 heteroatoms. The highest BCUT2D eigenvalue weighted by Gasteiger charge is 2.30. The van der Waals surface area contributed by atoms with Gasteiger partial charge in [0.2, 0.25) is 0 Å². The van der Waals surface area contributed by atoms with Crippen LogP contribution in [0.15, 0.2) is 30.3 Å². The van der Waals surface area contributed by atoms with E-state index in [1.165, 1.54) is 56.9 Å². The fourth-order valence-electron chi connectivity index (χ4n) is 3.99. The van der Waals surface area contributed by atoms with E-state index in [1.54, 1.807) is 0 Å². The lowest BCUT2D eigenvalue weighted by Crippen LogP contribution is -2.42. The van der Waals surface area contributed by atoms with Crippen LogP contribution >= 0.6 is 0 Å². The average Bonchev–Trinajstić information content (AvgIpc) is 2.45. The first-order valence-corrected chi connectivity index (χ1v) is 8.65. The summed E-state index contributed by atoms with van der Waals surface area (Å²) in [5.74, 6) is 1.76. The summed E-state index contributed by atoms with van der Waals surface area (Å²) < 4.78 is 0. The maximum absolute atomic E-state index is 4.00. The van der Waals surface area contributed by atoms with Crippen LogP contribution in [0.25, 0.3) is 0 Å². The zero-order valence-electron chi connectivity index (χ0n) is 12.9. The predicted octanol–water partition coefficient (Wildman–Crippen LogP) is 5.09. The molecule has 2 aliphatic carbocycles. The van der Waals surface area contributed by atoms with Crippen molar-refractivity contribution in [1.82, 2.24) is 5.32 Å². The summed E-state index contributed by atoms with van der Waals surface area (Å²) in [4.78, 5) is 0. The molecule has 0 bridgehead atoms. The van der Waals surface area contributed by atoms with Crippen molar-refractivity contribution in [2.75, 3.05) is 0 Å². The van der Waals surface area contributed by atoms with Crippen molar-refractivity contribution in [3.63, 3.8) is 0 Å². The number of benzene rings is 1. The van der Waals surface area contributed by atoms with Crippen molar-refractivity contribution in [2.24, 2.45) is 11.8 Å². The third kappa shape index (κ3) is 3.25. The van der Waals surface area contributed by atoms with Gasteiger partial charge in [0.15, 0.2) is 0 Å². The smallest absolute Gasteiger partial charge is 0.0351 e. The molecular weight excluding hydrogens is 242 g/mol. The van der Waals surface area contributed by atoms with Gasteiger partial charge in [-0.1, -0.05) is 56.0 Å². The van der Waals surface area contributed by atoms with Gasteiger partial charge in [0.25, 0.3) is 0 Å². The molecule has 0 saturated heterocycles. The number of nitrogens with one attached hydrogen (secondary N) is 1. The first-order chi connectivity index (χ1) is 9.84. The highest BCUT2D eigenvalue weighted by molar-refractivity contribution is 5.20. The molecule has 2 fully saturated rings. The minimum atomic E-state index is 0.576. The Morgan fingerprint density at radius 1 is 0.850 bits per heavy atom. The van der Waals surface area contributed by atoms with Crippen molar-refractivity contribution in [2.45, 2.75) is 70.4 Å². The van der Waals surface area contributed by atoms with Gasteiger partial charge < -0.3 is 5.32 Å². The molecule has 0 aromatic heterocycles. The molecule has 1 aromatic rings. The van der Waals surface area contributed by atoms with Crippen molar-refractivity contribution in [1.29, 1.82) is 0 Å². The summed E-state index contributed by atoms with van der Waals surface area (Å²) in [5.41, 5.74) is 1.51. The van der Waals surface area contributed by atoms with Crippen LogP contribution in [0.2, 0.25) is 0 Å². The largest absolute Gasteiger partial charge is 0.307 e. The minimum absolute atomic E-state index is 0.576. The molecule has 1 nitrogen and oxygen atoms in total. The Bertz CT molecular complexity index is 389. The van der Waals surface area contributed by atoms with Crippen LogP contribution < -0.4 is 5.32 Å². The fraction of sp³-hybridized carbons (Fsp3) is 0.684. The fourth-order valence-corrected chi connectivity index (χ4v) is 3.99. The molecule has 2 atom stereocenters. The Kier molecular flexibility index (Phi) is 4.77. The van der Waals surface area contributed by atoms with Crippen molar-refractivity contribution < 1.29 is 0 Å². The Morgan fingerprint density at radius 3 is 2.10 bits per heavy atom. The van der Waals surface area contributed by atoms with E-state index in [4.69, 9.17) is 0 Å². The maximum atomic E-state index is 4.00. The monoisotopic (exact) mass is 271 g/mol. The summed E-state index contributed by atoms with van der Waals surface area (Å²) in [7, 11) is 0. The predicted molar refractivity (Wildman–Crippen MR) is 85.7 cm³/mol. The molecule has 20 heavy (non-hydrogen) atoms. The summed E-state index contributed by atoms with van der Waals surface area (Å²) >= 11 is 0. The van der Waals surface area contributed by atoms with Crippen molar-refractivity contribution in [3.05, 3.63) is 35.9 Å². The molecule has 110 valence electrons. The molecule has 1 N–H and O–H groups in total. The molecule has 0 heterocycles. The first kappa shape index (κ1) is 14.1. The van der Waals surface area contributed by atoms with Crippen LogP contribution in [-0.2, 0) is 0 Å². The van der Waals surface area contributed by atoms with Gasteiger partial charge in [0.05, 0.1) is 0 Å². The van der Waals surface area contributed by atoms with Gasteiger partial charge >= 0.3 is 0 Å². The van der Waals surface area contributed by atoms with Gasteiger partial charge in [-0.3, -0.25) is 0 Å². The molecule has 2 aliphatic rings. The van der Waals surface area contributed by atoms with E-state index in [0.717, 1.165) is 11.8 Å². The standard InChI is InChI=1S/C19H29N/c1-15(16-13-8-14-16)20-19(17-9-4-2-5-10-17)18-11-6-3-7-12-18/h2,4-5,9-10,15-16,18-20H,3,6-8,11-14H2,1H3. The zero-order chi connectivity index (χ0) is 13.8. The second-order valence-electron chi connectivity index (χ2n) is 6.93. The Labute approximate surface area is 124 Å². The number of hydrogen-bond donors (Lipinski definition) is 1. The van der Waals surface area contributed by atoms with Gasteiger partial charge in [-0.25, -0.2) is 0 Å². The third-order valence-corrected chi connectivity index (χ3v) is 5.58. The summed E-state index contributed by atoms with van der Waals surface area (Å²) in [6.45, 7) is 2.41. The van der Waals surface area contributed by atoms with Gasteiger partial charge in [-0.05, 0) is 50.0 Å². The molecule has 2 saturated carbocycles. The lowest BCUT2D eigenvalue weighted by Gasteiger charge is -2.38. The molecule has 0 aliphatic heterocycles. The first-order valence-electron chi connectivity index (χ1n) is 8.65. The number of hydrogen-bond acceptors (Lipinski definition) is 1. The molecule has 1 aromatic carbocycles. The van der Waals surface area contributed by atoms with Gasteiger partial charge in [0.1, 0.15) is 0 Å². The normalized spacial score (nSPS) is 24.1. The molecule has 0 radical (unpaired) electrons. The highest BCUT2D eigenvalue weighted by Crippen LogP contribution is 2.37. The van der Waals surface area contributed by atoms with Crippen LogP contribution in [-0.4, -0.2) is 6.04 Å². The van der Waals surface area contributed by atoms with Crippen LogP contribution in [0, 0.1) is 11.8 Å². The van der Waals surface area contributed by atoms with Crippen molar-refractivity contribution >= 4 is 0 Å². The summed E-state index contributed by atoms with van der Waals surface area (Å²) in [6, 6.07) is 12.4. The van der Waals surface area contributed by atoms with Crippen LogP contribution in [0.5, 0.6) is 0 Å². The van der Waals surface area contributed by atoms with Crippen molar-refractivity contribution in [3.8, 4) is 0 Å². The topological polar surface area (TPSA) is 12.0 Å². The molecule has 0 amide bonds. The van der Waals surface area contributed by atoms with Gasteiger partial charge in [0, 0.05) is 12.1 Å². The molecule has 0 spiro atoms. The quantitative estimate of drug-likeness (QED) is 0.787. The molecular formula is C19H29N. The molecule has 2 unspecified atom stereocenters. The van der Waals surface area contributed by atoms with E-state index in [1.807, 2.05) is 0 Å². The van der Waals surface area contributed by atoms with E-state index in [0.29, 0.717) is 12.1 Å². The zero-order valence-corrected chi connectivity index (χ0v) is 12.9. The van der Waals surface area contributed by atoms with Crippen LogP contribution in [0.3, 0.4) is 0 Å². The van der Waals surface area contributed by atoms with E-state index in [-0.39, 0.29) is 0 Å². The van der Waals surface area contributed by atoms with E-state index in [2.05, 4.69) is 42.6 Å². The SMILES string of the molecule is CC(NC(c1ccccc1)C1CCCCC1)C1CCC1.